The van der Waals surface area contributed by atoms with Crippen LogP contribution in [0.2, 0.25) is 0 Å². The molecule has 0 spiro atoms. The molecule has 90 valence electrons. The lowest BCUT2D eigenvalue weighted by Crippen LogP contribution is -2.16. The van der Waals surface area contributed by atoms with Crippen molar-refractivity contribution in [1.82, 2.24) is 9.97 Å². The first-order valence-corrected chi connectivity index (χ1v) is 5.81. The van der Waals surface area contributed by atoms with Crippen LogP contribution in [0.5, 0.6) is 0 Å². The van der Waals surface area contributed by atoms with Crippen molar-refractivity contribution in [2.24, 2.45) is 5.73 Å². The quantitative estimate of drug-likeness (QED) is 0.610. The summed E-state index contributed by atoms with van der Waals surface area (Å²) in [7, 11) is 3.62. The molecular formula is C10H13N5OS. The van der Waals surface area contributed by atoms with Crippen molar-refractivity contribution in [2.45, 2.75) is 11.9 Å². The third-order valence-electron chi connectivity index (χ3n) is 1.91. The van der Waals surface area contributed by atoms with Crippen LogP contribution in [-0.2, 0) is 4.79 Å². The summed E-state index contributed by atoms with van der Waals surface area (Å²) >= 11 is 1.15. The molecule has 1 rings (SSSR count). The Morgan fingerprint density at radius 2 is 2.18 bits per heavy atom. The number of rotatable bonds is 4. The molecule has 1 aromatic heterocycles. The summed E-state index contributed by atoms with van der Waals surface area (Å²) in [6, 6.07) is 2.04. The lowest BCUT2D eigenvalue weighted by atomic mass is 10.3. The molecule has 1 heterocycles. The number of thioether (sulfide) groups is 1. The molecule has 0 bridgehead atoms. The minimum absolute atomic E-state index is 0.0952. The molecule has 0 radical (unpaired) electrons. The first kappa shape index (κ1) is 13.3. The Labute approximate surface area is 104 Å². The highest BCUT2D eigenvalue weighted by Gasteiger charge is 2.13. The molecule has 6 nitrogen and oxygen atoms in total. The summed E-state index contributed by atoms with van der Waals surface area (Å²) in [5, 5.41) is 9.51. The zero-order valence-corrected chi connectivity index (χ0v) is 10.7. The van der Waals surface area contributed by atoms with Gasteiger partial charge in [0.1, 0.15) is 16.7 Å². The lowest BCUT2D eigenvalue weighted by molar-refractivity contribution is -0.115. The molecule has 1 amide bonds. The molecular weight excluding hydrogens is 238 g/mol. The average Bonchev–Trinajstić information content (AvgIpc) is 2.25. The van der Waals surface area contributed by atoms with Crippen LogP contribution < -0.4 is 10.6 Å². The van der Waals surface area contributed by atoms with Crippen LogP contribution >= 0.6 is 11.8 Å². The van der Waals surface area contributed by atoms with Crippen molar-refractivity contribution >= 4 is 23.6 Å². The first-order valence-electron chi connectivity index (χ1n) is 4.83. The maximum absolute atomic E-state index is 10.7. The average molecular weight is 251 g/mol. The van der Waals surface area contributed by atoms with Crippen LogP contribution in [0.3, 0.4) is 0 Å². The van der Waals surface area contributed by atoms with Gasteiger partial charge in [-0.25, -0.2) is 9.97 Å². The molecule has 0 saturated heterocycles. The Morgan fingerprint density at radius 3 is 2.65 bits per heavy atom. The highest BCUT2D eigenvalue weighted by atomic mass is 32.2. The first-order chi connectivity index (χ1) is 7.95. The minimum Gasteiger partial charge on any atom is -0.369 e. The minimum atomic E-state index is -0.443. The van der Waals surface area contributed by atoms with Gasteiger partial charge in [-0.2, -0.15) is 5.26 Å². The number of aromatic nitrogens is 2. The topological polar surface area (TPSA) is 95.9 Å². The largest absolute Gasteiger partial charge is 0.369 e. The molecule has 2 N–H and O–H groups in total. The number of hydrogen-bond donors (Lipinski definition) is 1. The molecule has 0 fully saturated rings. The van der Waals surface area contributed by atoms with E-state index in [2.05, 4.69) is 9.97 Å². The molecule has 0 aliphatic carbocycles. The van der Waals surface area contributed by atoms with E-state index in [9.17, 15) is 4.79 Å². The molecule has 0 aliphatic rings. The highest BCUT2D eigenvalue weighted by molar-refractivity contribution is 8.00. The zero-order valence-electron chi connectivity index (χ0n) is 9.89. The molecule has 0 unspecified atom stereocenters. The number of anilines is 1. The van der Waals surface area contributed by atoms with E-state index < -0.39 is 5.91 Å². The molecule has 0 aliphatic heterocycles. The van der Waals surface area contributed by atoms with Crippen molar-refractivity contribution in [3.05, 3.63) is 11.3 Å². The van der Waals surface area contributed by atoms with Gasteiger partial charge in [0.05, 0.1) is 11.4 Å². The molecule has 0 aromatic carbocycles. The van der Waals surface area contributed by atoms with Gasteiger partial charge in [0.15, 0.2) is 0 Å². The Kier molecular flexibility index (Phi) is 4.29. The van der Waals surface area contributed by atoms with Gasteiger partial charge in [0.25, 0.3) is 0 Å². The van der Waals surface area contributed by atoms with Gasteiger partial charge in [0.2, 0.25) is 11.9 Å². The number of aryl methyl sites for hydroxylation is 1. The number of carbonyl (C=O) groups is 1. The lowest BCUT2D eigenvalue weighted by Gasteiger charge is -2.13. The fraction of sp³-hybridized carbons (Fsp3) is 0.400. The number of primary amides is 1. The van der Waals surface area contributed by atoms with E-state index in [4.69, 9.17) is 11.0 Å². The van der Waals surface area contributed by atoms with Crippen LogP contribution in [0.4, 0.5) is 5.95 Å². The predicted molar refractivity (Wildman–Crippen MR) is 65.7 cm³/mol. The molecule has 0 saturated carbocycles. The van der Waals surface area contributed by atoms with Crippen molar-refractivity contribution in [3.63, 3.8) is 0 Å². The number of amides is 1. The molecule has 0 atom stereocenters. The second-order valence-electron chi connectivity index (χ2n) is 3.55. The summed E-state index contributed by atoms with van der Waals surface area (Å²) < 4.78 is 0. The van der Waals surface area contributed by atoms with Crippen LogP contribution in [-0.4, -0.2) is 35.7 Å². The highest BCUT2D eigenvalue weighted by Crippen LogP contribution is 2.23. The van der Waals surface area contributed by atoms with Crippen LogP contribution in [0.25, 0.3) is 0 Å². The molecule has 17 heavy (non-hydrogen) atoms. The second-order valence-corrected chi connectivity index (χ2v) is 4.51. The van der Waals surface area contributed by atoms with E-state index in [0.717, 1.165) is 11.8 Å². The second kappa shape index (κ2) is 5.50. The number of nitrogens with zero attached hydrogens (tertiary/aromatic N) is 4. The van der Waals surface area contributed by atoms with Crippen molar-refractivity contribution in [1.29, 1.82) is 5.26 Å². The zero-order chi connectivity index (χ0) is 13.0. The van der Waals surface area contributed by atoms with Gasteiger partial charge < -0.3 is 10.6 Å². The summed E-state index contributed by atoms with van der Waals surface area (Å²) in [6.45, 7) is 1.74. The van der Waals surface area contributed by atoms with Crippen LogP contribution in [0, 0.1) is 18.3 Å². The Bertz CT molecular complexity index is 480. The summed E-state index contributed by atoms with van der Waals surface area (Å²) in [4.78, 5) is 20.9. The van der Waals surface area contributed by atoms with Crippen molar-refractivity contribution in [3.8, 4) is 6.07 Å². The maximum atomic E-state index is 10.7. The summed E-state index contributed by atoms with van der Waals surface area (Å²) in [5.41, 5.74) is 6.06. The number of nitrogens with two attached hydrogens (primary N) is 1. The van der Waals surface area contributed by atoms with E-state index in [1.54, 1.807) is 11.8 Å². The van der Waals surface area contributed by atoms with Gasteiger partial charge in [0, 0.05) is 14.1 Å². The van der Waals surface area contributed by atoms with E-state index in [1.807, 2.05) is 20.2 Å². The van der Waals surface area contributed by atoms with E-state index in [0.29, 0.717) is 22.2 Å². The monoisotopic (exact) mass is 251 g/mol. The van der Waals surface area contributed by atoms with Crippen LogP contribution in [0.15, 0.2) is 5.03 Å². The Morgan fingerprint density at radius 1 is 1.53 bits per heavy atom. The Hall–Kier alpha value is -1.81. The van der Waals surface area contributed by atoms with E-state index in [1.165, 1.54) is 0 Å². The third-order valence-corrected chi connectivity index (χ3v) is 2.91. The summed E-state index contributed by atoms with van der Waals surface area (Å²) in [6.07, 6.45) is 0. The predicted octanol–water partition coefficient (Wildman–Crippen LogP) is 0.300. The SMILES string of the molecule is Cc1nc(N(C)C)nc(SCC(N)=O)c1C#N. The van der Waals surface area contributed by atoms with Gasteiger partial charge in [-0.3, -0.25) is 4.79 Å². The number of carbonyl (C=O) groups excluding carboxylic acids is 1. The van der Waals surface area contributed by atoms with Crippen molar-refractivity contribution in [2.75, 3.05) is 24.7 Å². The summed E-state index contributed by atoms with van der Waals surface area (Å²) in [5.74, 6) is 0.160. The van der Waals surface area contributed by atoms with Crippen LogP contribution in [0.1, 0.15) is 11.3 Å². The fourth-order valence-electron chi connectivity index (χ4n) is 1.11. The van der Waals surface area contributed by atoms with E-state index >= 15 is 0 Å². The van der Waals surface area contributed by atoms with Gasteiger partial charge >= 0.3 is 0 Å². The molecule has 7 heteroatoms. The third kappa shape index (κ3) is 3.32. The molecule has 1 aromatic rings. The maximum Gasteiger partial charge on any atom is 0.227 e. The van der Waals surface area contributed by atoms with Gasteiger partial charge in [-0.15, -0.1) is 0 Å². The fourth-order valence-corrected chi connectivity index (χ4v) is 1.87. The van der Waals surface area contributed by atoms with Crippen molar-refractivity contribution < 1.29 is 4.79 Å². The van der Waals surface area contributed by atoms with E-state index in [-0.39, 0.29) is 5.75 Å². The van der Waals surface area contributed by atoms with Gasteiger partial charge in [-0.1, -0.05) is 11.8 Å². The standard InChI is InChI=1S/C10H13N5OS/c1-6-7(4-11)9(17-5-8(12)16)14-10(13-6)15(2)3/h5H2,1-3H3,(H2,12,16). The smallest absolute Gasteiger partial charge is 0.227 e. The number of nitriles is 1. The number of hydrogen-bond acceptors (Lipinski definition) is 6. The van der Waals surface area contributed by atoms with Gasteiger partial charge in [-0.05, 0) is 6.92 Å². The normalized spacial score (nSPS) is 9.76. The Balaban J connectivity index is 3.15.